The number of rotatable bonds is 5. The summed E-state index contributed by atoms with van der Waals surface area (Å²) in [6.07, 6.45) is 0.620. The Kier molecular flexibility index (Phi) is 5.19. The fourth-order valence-corrected chi connectivity index (χ4v) is 3.20. The summed E-state index contributed by atoms with van der Waals surface area (Å²) in [4.78, 5) is 24.1. The average Bonchev–Trinajstić information content (AvgIpc) is 3.24. The molecule has 1 atom stereocenters. The molecule has 27 heavy (non-hydrogen) atoms. The molecule has 1 aromatic carbocycles. The summed E-state index contributed by atoms with van der Waals surface area (Å²) in [5.41, 5.74) is 0.516. The number of hydrogen-bond donors (Lipinski definition) is 3. The summed E-state index contributed by atoms with van der Waals surface area (Å²) in [6, 6.07) is 7.78. The molecule has 0 fully saturated rings. The van der Waals surface area contributed by atoms with Crippen molar-refractivity contribution in [2.75, 3.05) is 5.32 Å². The lowest BCUT2D eigenvalue weighted by Gasteiger charge is -2.22. The number of furan rings is 1. The first-order valence-corrected chi connectivity index (χ1v) is 8.41. The van der Waals surface area contributed by atoms with Crippen LogP contribution in [0, 0.1) is 11.3 Å². The van der Waals surface area contributed by atoms with Crippen LogP contribution in [0.4, 0.5) is 5.69 Å². The van der Waals surface area contributed by atoms with E-state index in [9.17, 15) is 14.7 Å². The molecule has 10 heteroatoms. The number of hydrogen-bond acceptors (Lipinski definition) is 6. The summed E-state index contributed by atoms with van der Waals surface area (Å²) < 4.78 is 5.27. The normalized spacial score (nSPS) is 18.6. The van der Waals surface area contributed by atoms with Gasteiger partial charge in [0.1, 0.15) is 17.9 Å². The fraction of sp³-hybridized carbons (Fsp3) is 0.176. The van der Waals surface area contributed by atoms with Gasteiger partial charge in [0.15, 0.2) is 5.60 Å². The van der Waals surface area contributed by atoms with E-state index in [4.69, 9.17) is 32.9 Å². The Bertz CT molecular complexity index is 982. The molecule has 0 saturated carbocycles. The third-order valence-corrected chi connectivity index (χ3v) is 4.55. The van der Waals surface area contributed by atoms with Crippen LogP contribution in [0.5, 0.6) is 0 Å². The zero-order valence-electron chi connectivity index (χ0n) is 13.6. The maximum absolute atomic E-state index is 12.5. The smallest absolute Gasteiger partial charge is 0.261 e. The van der Waals surface area contributed by atoms with Crippen molar-refractivity contribution < 1.29 is 19.1 Å². The van der Waals surface area contributed by atoms with Gasteiger partial charge < -0.3 is 14.8 Å². The Morgan fingerprint density at radius 3 is 2.78 bits per heavy atom. The van der Waals surface area contributed by atoms with Crippen LogP contribution >= 0.6 is 23.2 Å². The van der Waals surface area contributed by atoms with E-state index in [1.807, 2.05) is 0 Å². The second kappa shape index (κ2) is 7.40. The SMILES string of the molecule is N#CCC(=O)N/N=C(\C[C@@]1(O)C(=O)Nc2c(Cl)ccc(Cl)c21)c1ccco1. The number of halogens is 2. The van der Waals surface area contributed by atoms with Gasteiger partial charge in [0.2, 0.25) is 0 Å². The van der Waals surface area contributed by atoms with Crippen molar-refractivity contribution in [3.8, 4) is 6.07 Å². The second-order valence-electron chi connectivity index (χ2n) is 5.68. The Labute approximate surface area is 163 Å². The monoisotopic (exact) mass is 406 g/mol. The standard InChI is InChI=1S/C17H12Cl2N4O4/c18-9-3-4-10(19)15-14(9)17(26,16(25)21-15)8-11(12-2-1-7-27-12)22-23-13(24)5-6-20/h1-4,7,26H,5,8H2,(H,21,25)(H,23,24)/b22-11+/t17-/m0/s1. The van der Waals surface area contributed by atoms with Crippen molar-refractivity contribution in [2.24, 2.45) is 5.10 Å². The van der Waals surface area contributed by atoms with Gasteiger partial charge in [-0.15, -0.1) is 0 Å². The maximum Gasteiger partial charge on any atom is 0.261 e. The van der Waals surface area contributed by atoms with E-state index in [2.05, 4.69) is 15.8 Å². The molecule has 1 aromatic heterocycles. The molecule has 0 spiro atoms. The van der Waals surface area contributed by atoms with Gasteiger partial charge in [0.25, 0.3) is 11.8 Å². The number of carbonyl (C=O) groups excluding carboxylic acids is 2. The minimum absolute atomic E-state index is 0.0767. The lowest BCUT2D eigenvalue weighted by Crippen LogP contribution is -2.37. The predicted octanol–water partition coefficient (Wildman–Crippen LogP) is 2.55. The molecule has 2 aromatic rings. The Balaban J connectivity index is 2.01. The van der Waals surface area contributed by atoms with E-state index < -0.39 is 23.8 Å². The van der Waals surface area contributed by atoms with Crippen LogP contribution in [-0.2, 0) is 15.2 Å². The zero-order valence-corrected chi connectivity index (χ0v) is 15.1. The molecular formula is C17H12Cl2N4O4. The van der Waals surface area contributed by atoms with E-state index in [1.54, 1.807) is 18.2 Å². The quantitative estimate of drug-likeness (QED) is 0.519. The third-order valence-electron chi connectivity index (χ3n) is 3.92. The second-order valence-corrected chi connectivity index (χ2v) is 6.49. The molecule has 3 N–H and O–H groups in total. The number of hydrazone groups is 1. The molecule has 1 aliphatic rings. The molecule has 0 saturated heterocycles. The molecule has 138 valence electrons. The third kappa shape index (κ3) is 3.53. The van der Waals surface area contributed by atoms with Crippen LogP contribution < -0.4 is 10.7 Å². The number of nitrogens with zero attached hydrogens (tertiary/aromatic N) is 2. The van der Waals surface area contributed by atoms with E-state index in [-0.39, 0.29) is 39.2 Å². The van der Waals surface area contributed by atoms with Crippen LogP contribution in [0.2, 0.25) is 10.0 Å². The molecule has 0 radical (unpaired) electrons. The van der Waals surface area contributed by atoms with Crippen molar-refractivity contribution >= 4 is 46.4 Å². The molecule has 0 unspecified atom stereocenters. The summed E-state index contributed by atoms with van der Waals surface area (Å²) in [7, 11) is 0. The minimum Gasteiger partial charge on any atom is -0.463 e. The molecule has 0 aliphatic carbocycles. The highest BCUT2D eigenvalue weighted by molar-refractivity contribution is 6.38. The molecule has 3 rings (SSSR count). The highest BCUT2D eigenvalue weighted by atomic mass is 35.5. The van der Waals surface area contributed by atoms with Crippen molar-refractivity contribution in [1.29, 1.82) is 5.26 Å². The van der Waals surface area contributed by atoms with E-state index >= 15 is 0 Å². The number of fused-ring (bicyclic) bond motifs is 1. The first kappa shape index (κ1) is 18.9. The summed E-state index contributed by atoms with van der Waals surface area (Å²) in [5.74, 6) is -1.17. The minimum atomic E-state index is -2.08. The molecular weight excluding hydrogens is 395 g/mol. The van der Waals surface area contributed by atoms with Gasteiger partial charge in [0, 0.05) is 17.0 Å². The van der Waals surface area contributed by atoms with Crippen LogP contribution in [0.15, 0.2) is 40.0 Å². The van der Waals surface area contributed by atoms with Crippen molar-refractivity contribution in [1.82, 2.24) is 5.43 Å². The number of aliphatic hydroxyl groups is 1. The number of anilines is 1. The Hall–Kier alpha value is -2.86. The number of amides is 2. The maximum atomic E-state index is 12.5. The van der Waals surface area contributed by atoms with Crippen LogP contribution in [0.1, 0.15) is 24.2 Å². The number of carbonyl (C=O) groups is 2. The molecule has 2 heterocycles. The van der Waals surface area contributed by atoms with Gasteiger partial charge in [-0.05, 0) is 24.3 Å². The van der Waals surface area contributed by atoms with Crippen LogP contribution in [-0.4, -0.2) is 22.6 Å². The van der Waals surface area contributed by atoms with Crippen molar-refractivity contribution in [3.63, 3.8) is 0 Å². The van der Waals surface area contributed by atoms with E-state index in [0.29, 0.717) is 0 Å². The topological polar surface area (TPSA) is 128 Å². The van der Waals surface area contributed by atoms with Crippen molar-refractivity contribution in [2.45, 2.75) is 18.4 Å². The summed E-state index contributed by atoms with van der Waals surface area (Å²) in [5, 5.41) is 26.5. The lowest BCUT2D eigenvalue weighted by molar-refractivity contribution is -0.132. The zero-order chi connectivity index (χ0) is 19.6. The Morgan fingerprint density at radius 1 is 1.37 bits per heavy atom. The first-order chi connectivity index (χ1) is 12.9. The Morgan fingerprint density at radius 2 is 2.11 bits per heavy atom. The van der Waals surface area contributed by atoms with Gasteiger partial charge in [-0.3, -0.25) is 9.59 Å². The average molecular weight is 407 g/mol. The van der Waals surface area contributed by atoms with Crippen LogP contribution in [0.25, 0.3) is 0 Å². The summed E-state index contributed by atoms with van der Waals surface area (Å²) in [6.45, 7) is 0. The van der Waals surface area contributed by atoms with Gasteiger partial charge in [-0.2, -0.15) is 10.4 Å². The highest BCUT2D eigenvalue weighted by Gasteiger charge is 2.49. The lowest BCUT2D eigenvalue weighted by atomic mass is 9.89. The van der Waals surface area contributed by atoms with Gasteiger partial charge in [-0.25, -0.2) is 5.43 Å². The molecule has 1 aliphatic heterocycles. The van der Waals surface area contributed by atoms with Gasteiger partial charge in [-0.1, -0.05) is 23.2 Å². The van der Waals surface area contributed by atoms with Crippen LogP contribution in [0.3, 0.4) is 0 Å². The van der Waals surface area contributed by atoms with Crippen molar-refractivity contribution in [3.05, 3.63) is 51.9 Å². The fourth-order valence-electron chi connectivity index (χ4n) is 2.69. The number of nitriles is 1. The van der Waals surface area contributed by atoms with E-state index in [0.717, 1.165) is 0 Å². The number of benzene rings is 1. The highest BCUT2D eigenvalue weighted by Crippen LogP contribution is 2.46. The molecule has 8 nitrogen and oxygen atoms in total. The van der Waals surface area contributed by atoms with E-state index in [1.165, 1.54) is 18.4 Å². The largest absolute Gasteiger partial charge is 0.463 e. The number of nitrogens with one attached hydrogen (secondary N) is 2. The molecule has 0 bridgehead atoms. The first-order valence-electron chi connectivity index (χ1n) is 7.65. The predicted molar refractivity (Wildman–Crippen MR) is 97.2 cm³/mol. The van der Waals surface area contributed by atoms with Gasteiger partial charge in [0.05, 0.1) is 23.0 Å². The van der Waals surface area contributed by atoms with Gasteiger partial charge >= 0.3 is 0 Å². The summed E-state index contributed by atoms with van der Waals surface area (Å²) >= 11 is 12.3. The molecule has 2 amide bonds.